The van der Waals surface area contributed by atoms with Crippen molar-refractivity contribution in [3.63, 3.8) is 0 Å². The van der Waals surface area contributed by atoms with Gasteiger partial charge in [0.2, 0.25) is 0 Å². The van der Waals surface area contributed by atoms with Crippen LogP contribution in [0.5, 0.6) is 0 Å². The predicted octanol–water partition coefficient (Wildman–Crippen LogP) is 3.53. The van der Waals surface area contributed by atoms with Crippen LogP contribution in [0.1, 0.15) is 39.5 Å². The third-order valence-corrected chi connectivity index (χ3v) is 4.10. The summed E-state index contributed by atoms with van der Waals surface area (Å²) in [6, 6.07) is 0. The third-order valence-electron chi connectivity index (χ3n) is 4.10. The molecule has 0 aromatic rings. The number of likely N-dealkylation sites (N-methyl/N-ethyl adjacent to an activating group) is 1. The second-order valence-corrected chi connectivity index (χ2v) is 6.55. The van der Waals surface area contributed by atoms with Gasteiger partial charge in [-0.3, -0.25) is 0 Å². The molecule has 0 heterocycles. The van der Waals surface area contributed by atoms with E-state index in [1.807, 2.05) is 11.9 Å². The molecule has 1 aliphatic carbocycles. The number of hydrogen-bond acceptors (Lipinski definition) is 2. The van der Waals surface area contributed by atoms with Crippen molar-refractivity contribution in [3.8, 4) is 0 Å². The molecular formula is C15H29F3N2. The molecule has 1 N–H and O–H groups in total. The highest BCUT2D eigenvalue weighted by Crippen LogP contribution is 2.41. The first-order valence-corrected chi connectivity index (χ1v) is 7.76. The fourth-order valence-corrected chi connectivity index (χ4v) is 3.01. The summed E-state index contributed by atoms with van der Waals surface area (Å²) in [6.07, 6.45) is -1.33. The van der Waals surface area contributed by atoms with Crippen molar-refractivity contribution in [2.24, 2.45) is 17.8 Å². The van der Waals surface area contributed by atoms with Crippen LogP contribution in [0.15, 0.2) is 0 Å². The quantitative estimate of drug-likeness (QED) is 0.723. The van der Waals surface area contributed by atoms with Gasteiger partial charge in [0.15, 0.2) is 0 Å². The first kappa shape index (κ1) is 17.8. The molecule has 0 aromatic heterocycles. The minimum absolute atomic E-state index is 0.223. The highest BCUT2D eigenvalue weighted by atomic mass is 19.4. The van der Waals surface area contributed by atoms with Crippen molar-refractivity contribution in [1.82, 2.24) is 10.2 Å². The zero-order valence-corrected chi connectivity index (χ0v) is 13.0. The molecular weight excluding hydrogens is 265 g/mol. The Kier molecular flexibility index (Phi) is 7.30. The van der Waals surface area contributed by atoms with Crippen LogP contribution in [0.3, 0.4) is 0 Å². The van der Waals surface area contributed by atoms with E-state index in [4.69, 9.17) is 0 Å². The van der Waals surface area contributed by atoms with Gasteiger partial charge >= 0.3 is 6.18 Å². The molecule has 0 saturated heterocycles. The Morgan fingerprint density at radius 1 is 1.20 bits per heavy atom. The van der Waals surface area contributed by atoms with Gasteiger partial charge in [-0.1, -0.05) is 26.7 Å². The van der Waals surface area contributed by atoms with Gasteiger partial charge in [-0.2, -0.15) is 13.2 Å². The van der Waals surface area contributed by atoms with Crippen LogP contribution < -0.4 is 5.32 Å². The maximum atomic E-state index is 13.0. The molecule has 1 aliphatic rings. The minimum Gasteiger partial charge on any atom is -0.315 e. The molecule has 0 bridgehead atoms. The van der Waals surface area contributed by atoms with Crippen LogP contribution >= 0.6 is 0 Å². The molecule has 2 nitrogen and oxygen atoms in total. The average molecular weight is 294 g/mol. The van der Waals surface area contributed by atoms with Crippen LogP contribution in [-0.2, 0) is 0 Å². The standard InChI is InChI=1S/C15H29F3N2/c1-12(2)10-19-8-9-20(3)11-13-6-4-5-7-14(13)15(16,17)18/h12-14,19H,4-11H2,1-3H3. The Labute approximate surface area is 121 Å². The van der Waals surface area contributed by atoms with Crippen molar-refractivity contribution in [2.45, 2.75) is 45.7 Å². The van der Waals surface area contributed by atoms with Gasteiger partial charge in [-0.15, -0.1) is 0 Å². The lowest BCUT2D eigenvalue weighted by atomic mass is 9.78. The maximum Gasteiger partial charge on any atom is 0.392 e. The fourth-order valence-electron chi connectivity index (χ4n) is 3.01. The predicted molar refractivity (Wildman–Crippen MR) is 76.7 cm³/mol. The molecule has 0 aromatic carbocycles. The van der Waals surface area contributed by atoms with Crippen LogP contribution in [0.4, 0.5) is 13.2 Å². The summed E-state index contributed by atoms with van der Waals surface area (Å²) >= 11 is 0. The van der Waals surface area contributed by atoms with E-state index in [9.17, 15) is 13.2 Å². The lowest BCUT2D eigenvalue weighted by Gasteiger charge is -2.35. The van der Waals surface area contributed by atoms with Crippen LogP contribution in [0, 0.1) is 17.8 Å². The maximum absolute atomic E-state index is 13.0. The molecule has 0 radical (unpaired) electrons. The molecule has 20 heavy (non-hydrogen) atoms. The molecule has 0 aliphatic heterocycles. The summed E-state index contributed by atoms with van der Waals surface area (Å²) in [5.41, 5.74) is 0. The smallest absolute Gasteiger partial charge is 0.315 e. The second-order valence-electron chi connectivity index (χ2n) is 6.55. The summed E-state index contributed by atoms with van der Waals surface area (Å²) in [4.78, 5) is 2.04. The summed E-state index contributed by atoms with van der Waals surface area (Å²) < 4.78 is 39.0. The van der Waals surface area contributed by atoms with Crippen molar-refractivity contribution in [3.05, 3.63) is 0 Å². The SMILES string of the molecule is CC(C)CNCCN(C)CC1CCCCC1C(F)(F)F. The van der Waals surface area contributed by atoms with Gasteiger partial charge < -0.3 is 10.2 Å². The van der Waals surface area contributed by atoms with Crippen LogP contribution in [0.2, 0.25) is 0 Å². The van der Waals surface area contributed by atoms with Gasteiger partial charge in [0.05, 0.1) is 5.92 Å². The van der Waals surface area contributed by atoms with E-state index in [-0.39, 0.29) is 5.92 Å². The van der Waals surface area contributed by atoms with E-state index < -0.39 is 12.1 Å². The summed E-state index contributed by atoms with van der Waals surface area (Å²) in [5.74, 6) is -0.713. The molecule has 1 saturated carbocycles. The van der Waals surface area contributed by atoms with E-state index in [1.165, 1.54) is 0 Å². The van der Waals surface area contributed by atoms with Gasteiger partial charge in [-0.05, 0) is 38.3 Å². The zero-order chi connectivity index (χ0) is 15.2. The number of alkyl halides is 3. The normalized spacial score (nSPS) is 24.6. The van der Waals surface area contributed by atoms with Gasteiger partial charge in [-0.25, -0.2) is 0 Å². The number of hydrogen-bond donors (Lipinski definition) is 1. The monoisotopic (exact) mass is 294 g/mol. The van der Waals surface area contributed by atoms with E-state index in [0.29, 0.717) is 25.3 Å². The number of nitrogens with one attached hydrogen (secondary N) is 1. The van der Waals surface area contributed by atoms with Crippen LogP contribution in [0.25, 0.3) is 0 Å². The summed E-state index contributed by atoms with van der Waals surface area (Å²) in [5, 5.41) is 3.33. The number of nitrogens with zero attached hydrogens (tertiary/aromatic N) is 1. The molecule has 2 atom stereocenters. The molecule has 1 fully saturated rings. The van der Waals surface area contributed by atoms with Crippen molar-refractivity contribution in [1.29, 1.82) is 0 Å². The van der Waals surface area contributed by atoms with E-state index in [2.05, 4.69) is 19.2 Å². The van der Waals surface area contributed by atoms with E-state index in [0.717, 1.165) is 32.5 Å². The van der Waals surface area contributed by atoms with Crippen molar-refractivity contribution >= 4 is 0 Å². The lowest BCUT2D eigenvalue weighted by molar-refractivity contribution is -0.197. The Morgan fingerprint density at radius 2 is 1.85 bits per heavy atom. The van der Waals surface area contributed by atoms with Gasteiger partial charge in [0, 0.05) is 19.6 Å². The highest BCUT2D eigenvalue weighted by molar-refractivity contribution is 4.82. The second kappa shape index (κ2) is 8.23. The first-order valence-electron chi connectivity index (χ1n) is 7.76. The largest absolute Gasteiger partial charge is 0.392 e. The lowest BCUT2D eigenvalue weighted by Crippen LogP contribution is -2.41. The number of rotatable bonds is 7. The van der Waals surface area contributed by atoms with Gasteiger partial charge in [0.25, 0.3) is 0 Å². The molecule has 2 unspecified atom stereocenters. The molecule has 0 spiro atoms. The Hall–Kier alpha value is -0.290. The molecule has 0 amide bonds. The topological polar surface area (TPSA) is 15.3 Å². The first-order chi connectivity index (χ1) is 9.30. The Morgan fingerprint density at radius 3 is 2.45 bits per heavy atom. The highest BCUT2D eigenvalue weighted by Gasteiger charge is 2.45. The third kappa shape index (κ3) is 6.44. The Bertz CT molecular complexity index is 266. The molecule has 120 valence electrons. The zero-order valence-electron chi connectivity index (χ0n) is 13.0. The van der Waals surface area contributed by atoms with E-state index in [1.54, 1.807) is 0 Å². The number of halogens is 3. The van der Waals surface area contributed by atoms with E-state index >= 15 is 0 Å². The van der Waals surface area contributed by atoms with Crippen molar-refractivity contribution in [2.75, 3.05) is 33.2 Å². The molecule has 5 heteroatoms. The summed E-state index contributed by atoms with van der Waals surface area (Å²) in [7, 11) is 1.93. The average Bonchev–Trinajstić information content (AvgIpc) is 2.34. The fraction of sp³-hybridized carbons (Fsp3) is 1.00. The van der Waals surface area contributed by atoms with Crippen molar-refractivity contribution < 1.29 is 13.2 Å². The van der Waals surface area contributed by atoms with Gasteiger partial charge in [0.1, 0.15) is 0 Å². The molecule has 1 rings (SSSR count). The summed E-state index contributed by atoms with van der Waals surface area (Å²) in [6.45, 7) is 7.47. The van der Waals surface area contributed by atoms with Crippen LogP contribution in [-0.4, -0.2) is 44.3 Å². The Balaban J connectivity index is 2.33. The minimum atomic E-state index is -4.03.